The summed E-state index contributed by atoms with van der Waals surface area (Å²) in [6, 6.07) is 0. The summed E-state index contributed by atoms with van der Waals surface area (Å²) in [5.74, 6) is -1.10. The first-order valence-electron chi connectivity index (χ1n) is 4.88. The van der Waals surface area contributed by atoms with E-state index in [1.54, 1.807) is 0 Å². The molecule has 1 aromatic heterocycles. The van der Waals surface area contributed by atoms with Gasteiger partial charge in [0.15, 0.2) is 11.4 Å². The zero-order chi connectivity index (χ0) is 12.6. The Labute approximate surface area is 93.1 Å². The molecule has 0 saturated carbocycles. The third kappa shape index (κ3) is 2.75. The standard InChI is InChI=1S/C9H16N4O3/c1-8(2,3)13-11-6(10-12-13)5-9(4,16)7(14)15/h16H,5H2,1-4H3,(H,14,15). The molecule has 0 aliphatic rings. The van der Waals surface area contributed by atoms with Crippen molar-refractivity contribution in [3.63, 3.8) is 0 Å². The fourth-order valence-electron chi connectivity index (χ4n) is 0.982. The van der Waals surface area contributed by atoms with Crippen LogP contribution in [0.1, 0.15) is 33.5 Å². The predicted molar refractivity (Wildman–Crippen MR) is 54.8 cm³/mol. The largest absolute Gasteiger partial charge is 0.479 e. The summed E-state index contributed by atoms with van der Waals surface area (Å²) in [6.45, 7) is 6.89. The van der Waals surface area contributed by atoms with E-state index in [2.05, 4.69) is 15.4 Å². The third-order valence-corrected chi connectivity index (χ3v) is 2.02. The van der Waals surface area contributed by atoms with Crippen molar-refractivity contribution in [1.82, 2.24) is 20.2 Å². The molecule has 0 spiro atoms. The van der Waals surface area contributed by atoms with Gasteiger partial charge in [0.05, 0.1) is 12.0 Å². The first kappa shape index (κ1) is 12.6. The molecule has 0 fully saturated rings. The fourth-order valence-corrected chi connectivity index (χ4v) is 0.982. The Kier molecular flexibility index (Phi) is 3.00. The average Bonchev–Trinajstić information content (AvgIpc) is 2.50. The average molecular weight is 228 g/mol. The molecule has 7 heteroatoms. The van der Waals surface area contributed by atoms with Crippen LogP contribution in [0.5, 0.6) is 0 Å². The second kappa shape index (κ2) is 3.82. The van der Waals surface area contributed by atoms with E-state index in [9.17, 15) is 9.90 Å². The molecule has 0 saturated heterocycles. The highest BCUT2D eigenvalue weighted by atomic mass is 16.4. The van der Waals surface area contributed by atoms with Crippen molar-refractivity contribution < 1.29 is 15.0 Å². The Morgan fingerprint density at radius 3 is 2.31 bits per heavy atom. The normalized spacial score (nSPS) is 15.8. The van der Waals surface area contributed by atoms with Crippen molar-refractivity contribution in [2.45, 2.75) is 45.3 Å². The number of rotatable bonds is 3. The highest BCUT2D eigenvalue weighted by molar-refractivity contribution is 5.76. The van der Waals surface area contributed by atoms with E-state index in [1.807, 2.05) is 20.8 Å². The number of aliphatic hydroxyl groups is 1. The van der Waals surface area contributed by atoms with Crippen molar-refractivity contribution in [2.75, 3.05) is 0 Å². The van der Waals surface area contributed by atoms with Gasteiger partial charge in [0.1, 0.15) is 0 Å². The van der Waals surface area contributed by atoms with Crippen LogP contribution in [0.3, 0.4) is 0 Å². The summed E-state index contributed by atoms with van der Waals surface area (Å²) in [4.78, 5) is 12.1. The maximum absolute atomic E-state index is 10.7. The van der Waals surface area contributed by atoms with Crippen LogP contribution < -0.4 is 0 Å². The Morgan fingerprint density at radius 2 is 1.94 bits per heavy atom. The zero-order valence-corrected chi connectivity index (χ0v) is 9.80. The van der Waals surface area contributed by atoms with Crippen LogP contribution in [0.4, 0.5) is 0 Å². The van der Waals surface area contributed by atoms with Gasteiger partial charge < -0.3 is 10.2 Å². The lowest BCUT2D eigenvalue weighted by molar-refractivity contribution is -0.156. The maximum atomic E-state index is 10.7. The Hall–Kier alpha value is -1.50. The lowest BCUT2D eigenvalue weighted by Gasteiger charge is -2.16. The SMILES string of the molecule is CC(O)(Cc1nnn(C(C)(C)C)n1)C(=O)O. The summed E-state index contributed by atoms with van der Waals surface area (Å²) in [5, 5.41) is 29.8. The second-order valence-corrected chi connectivity index (χ2v) is 4.92. The molecule has 1 atom stereocenters. The molecule has 2 N–H and O–H groups in total. The number of hydrogen-bond acceptors (Lipinski definition) is 5. The molecular weight excluding hydrogens is 212 g/mol. The molecule has 0 amide bonds. The van der Waals surface area contributed by atoms with Gasteiger partial charge in [0.25, 0.3) is 0 Å². The number of carboxylic acid groups (broad SMARTS) is 1. The topological polar surface area (TPSA) is 101 Å². The molecule has 1 heterocycles. The van der Waals surface area contributed by atoms with Crippen LogP contribution in [0.15, 0.2) is 0 Å². The van der Waals surface area contributed by atoms with E-state index in [0.29, 0.717) is 0 Å². The molecule has 0 aliphatic carbocycles. The van der Waals surface area contributed by atoms with E-state index in [-0.39, 0.29) is 17.8 Å². The summed E-state index contributed by atoms with van der Waals surface area (Å²) in [5.41, 5.74) is -2.19. The summed E-state index contributed by atoms with van der Waals surface area (Å²) in [6.07, 6.45) is -0.168. The Bertz CT molecular complexity index is 392. The van der Waals surface area contributed by atoms with Crippen LogP contribution in [0.2, 0.25) is 0 Å². The maximum Gasteiger partial charge on any atom is 0.335 e. The zero-order valence-electron chi connectivity index (χ0n) is 9.80. The summed E-state index contributed by atoms with van der Waals surface area (Å²) >= 11 is 0. The van der Waals surface area contributed by atoms with Crippen LogP contribution in [-0.4, -0.2) is 42.0 Å². The van der Waals surface area contributed by atoms with E-state index in [1.165, 1.54) is 11.7 Å². The van der Waals surface area contributed by atoms with Crippen LogP contribution >= 0.6 is 0 Å². The quantitative estimate of drug-likeness (QED) is 0.743. The number of nitrogens with zero attached hydrogens (tertiary/aromatic N) is 4. The third-order valence-electron chi connectivity index (χ3n) is 2.02. The summed E-state index contributed by atoms with van der Waals surface area (Å²) < 4.78 is 0. The van der Waals surface area contributed by atoms with Crippen LogP contribution in [0.25, 0.3) is 0 Å². The first-order chi connectivity index (χ1) is 7.13. The molecule has 16 heavy (non-hydrogen) atoms. The van der Waals surface area contributed by atoms with Gasteiger partial charge in [-0.15, -0.1) is 10.2 Å². The number of carbonyl (C=O) groups is 1. The van der Waals surface area contributed by atoms with Gasteiger partial charge in [-0.2, -0.15) is 4.80 Å². The van der Waals surface area contributed by atoms with E-state index < -0.39 is 11.6 Å². The van der Waals surface area contributed by atoms with Gasteiger partial charge in [-0.25, -0.2) is 4.79 Å². The minimum absolute atomic E-state index is 0.168. The molecule has 1 rings (SSSR count). The molecule has 90 valence electrons. The summed E-state index contributed by atoms with van der Waals surface area (Å²) in [7, 11) is 0. The fraction of sp³-hybridized carbons (Fsp3) is 0.778. The highest BCUT2D eigenvalue weighted by Crippen LogP contribution is 2.12. The Balaban J connectivity index is 2.85. The van der Waals surface area contributed by atoms with E-state index in [0.717, 1.165) is 0 Å². The van der Waals surface area contributed by atoms with Gasteiger partial charge in [0, 0.05) is 0 Å². The Morgan fingerprint density at radius 1 is 1.38 bits per heavy atom. The van der Waals surface area contributed by atoms with Crippen molar-refractivity contribution >= 4 is 5.97 Å². The molecule has 0 bridgehead atoms. The second-order valence-electron chi connectivity index (χ2n) is 4.92. The number of tetrazole rings is 1. The molecule has 0 aromatic carbocycles. The van der Waals surface area contributed by atoms with Gasteiger partial charge in [-0.1, -0.05) is 0 Å². The monoisotopic (exact) mass is 228 g/mol. The van der Waals surface area contributed by atoms with Crippen LogP contribution in [0, 0.1) is 0 Å². The van der Waals surface area contributed by atoms with Crippen molar-refractivity contribution in [2.24, 2.45) is 0 Å². The van der Waals surface area contributed by atoms with Gasteiger partial charge in [0.2, 0.25) is 0 Å². The molecule has 1 unspecified atom stereocenters. The lowest BCUT2D eigenvalue weighted by atomic mass is 10.0. The minimum atomic E-state index is -1.87. The molecule has 0 aliphatic heterocycles. The van der Waals surface area contributed by atoms with Crippen LogP contribution in [-0.2, 0) is 16.8 Å². The smallest absolute Gasteiger partial charge is 0.335 e. The van der Waals surface area contributed by atoms with Gasteiger partial charge in [-0.3, -0.25) is 0 Å². The minimum Gasteiger partial charge on any atom is -0.479 e. The van der Waals surface area contributed by atoms with E-state index >= 15 is 0 Å². The molecule has 7 nitrogen and oxygen atoms in total. The number of hydrogen-bond donors (Lipinski definition) is 2. The number of carboxylic acids is 1. The molecule has 0 radical (unpaired) electrons. The van der Waals surface area contributed by atoms with E-state index in [4.69, 9.17) is 5.11 Å². The van der Waals surface area contributed by atoms with Crippen molar-refractivity contribution in [3.05, 3.63) is 5.82 Å². The van der Waals surface area contributed by atoms with Gasteiger partial charge in [-0.05, 0) is 32.9 Å². The van der Waals surface area contributed by atoms with Gasteiger partial charge >= 0.3 is 5.97 Å². The van der Waals surface area contributed by atoms with Crippen molar-refractivity contribution in [3.8, 4) is 0 Å². The molecule has 1 aromatic rings. The van der Waals surface area contributed by atoms with Crippen molar-refractivity contribution in [1.29, 1.82) is 0 Å². The highest BCUT2D eigenvalue weighted by Gasteiger charge is 2.32. The number of aliphatic carboxylic acids is 1. The molecular formula is C9H16N4O3. The lowest BCUT2D eigenvalue weighted by Crippen LogP contribution is -2.37. The number of aromatic nitrogens is 4. The predicted octanol–water partition coefficient (Wildman–Crippen LogP) is -0.194. The first-order valence-corrected chi connectivity index (χ1v) is 4.88.